The van der Waals surface area contributed by atoms with Gasteiger partial charge in [-0.15, -0.1) is 0 Å². The van der Waals surface area contributed by atoms with Crippen LogP contribution < -0.4 is 4.72 Å². The quantitative estimate of drug-likeness (QED) is 0.879. The zero-order valence-electron chi connectivity index (χ0n) is 10.4. The Balaban J connectivity index is 2.28. The van der Waals surface area contributed by atoms with Crippen molar-refractivity contribution in [2.24, 2.45) is 0 Å². The topological polar surface area (TPSA) is 109 Å². The normalized spacial score (nSPS) is 11.1. The Labute approximate surface area is 115 Å². The average Bonchev–Trinajstić information content (AvgIpc) is 2.38. The number of nitrogens with zero attached hydrogens (tertiary/aromatic N) is 2. The standard InChI is InChI=1S/C12H11N3O4S/c1-8-4-5-13-10(6-8)15-20(18,19)11-3-2-9(7-14-11)12(16)17/h2-7H,1H3,(H,13,15)(H,16,17). The number of rotatable bonds is 4. The van der Waals surface area contributed by atoms with E-state index < -0.39 is 16.0 Å². The Morgan fingerprint density at radius 3 is 2.55 bits per heavy atom. The molecule has 2 aromatic rings. The minimum absolute atomic E-state index is 0.0855. The van der Waals surface area contributed by atoms with Crippen molar-refractivity contribution in [1.29, 1.82) is 0 Å². The van der Waals surface area contributed by atoms with Gasteiger partial charge >= 0.3 is 5.97 Å². The number of hydrogen-bond acceptors (Lipinski definition) is 5. The highest BCUT2D eigenvalue weighted by molar-refractivity contribution is 7.92. The number of nitrogens with one attached hydrogen (secondary N) is 1. The number of sulfonamides is 1. The van der Waals surface area contributed by atoms with Crippen molar-refractivity contribution >= 4 is 21.8 Å². The lowest BCUT2D eigenvalue weighted by Gasteiger charge is -2.07. The molecule has 2 N–H and O–H groups in total. The van der Waals surface area contributed by atoms with E-state index >= 15 is 0 Å². The molecule has 0 spiro atoms. The van der Waals surface area contributed by atoms with E-state index in [1.165, 1.54) is 12.3 Å². The molecule has 8 heteroatoms. The molecule has 0 aromatic carbocycles. The van der Waals surface area contributed by atoms with Crippen LogP contribution in [0, 0.1) is 6.92 Å². The van der Waals surface area contributed by atoms with Gasteiger partial charge in [-0.2, -0.15) is 8.42 Å². The molecule has 20 heavy (non-hydrogen) atoms. The third-order valence-corrected chi connectivity index (χ3v) is 3.68. The summed E-state index contributed by atoms with van der Waals surface area (Å²) in [6.07, 6.45) is 2.47. The summed E-state index contributed by atoms with van der Waals surface area (Å²) in [7, 11) is -3.89. The number of pyridine rings is 2. The number of carboxylic acids is 1. The largest absolute Gasteiger partial charge is 0.478 e. The van der Waals surface area contributed by atoms with Gasteiger partial charge in [0.2, 0.25) is 0 Å². The van der Waals surface area contributed by atoms with Gasteiger partial charge in [-0.25, -0.2) is 14.8 Å². The Kier molecular flexibility index (Phi) is 3.66. The summed E-state index contributed by atoms with van der Waals surface area (Å²) < 4.78 is 26.3. The maximum absolute atomic E-state index is 12.0. The molecule has 0 saturated heterocycles. The van der Waals surface area contributed by atoms with Crippen LogP contribution in [-0.4, -0.2) is 29.5 Å². The molecule has 0 saturated carbocycles. The van der Waals surface area contributed by atoms with E-state index in [4.69, 9.17) is 5.11 Å². The van der Waals surface area contributed by atoms with Crippen molar-refractivity contribution in [1.82, 2.24) is 9.97 Å². The van der Waals surface area contributed by atoms with Crippen LogP contribution in [0.3, 0.4) is 0 Å². The minimum Gasteiger partial charge on any atom is -0.478 e. The molecule has 0 amide bonds. The molecule has 0 radical (unpaired) electrons. The van der Waals surface area contributed by atoms with E-state index in [1.807, 2.05) is 0 Å². The van der Waals surface area contributed by atoms with Gasteiger partial charge in [0, 0.05) is 12.4 Å². The first-order valence-corrected chi connectivity index (χ1v) is 7.01. The number of anilines is 1. The van der Waals surface area contributed by atoms with E-state index in [0.29, 0.717) is 0 Å². The summed E-state index contributed by atoms with van der Waals surface area (Å²) in [6, 6.07) is 5.61. The first kappa shape index (κ1) is 13.9. The fourth-order valence-corrected chi connectivity index (χ4v) is 2.38. The highest BCUT2D eigenvalue weighted by Crippen LogP contribution is 2.13. The fourth-order valence-electron chi connectivity index (χ4n) is 1.45. The lowest BCUT2D eigenvalue weighted by atomic mass is 10.3. The molecule has 0 bridgehead atoms. The first-order valence-electron chi connectivity index (χ1n) is 5.53. The molecule has 104 valence electrons. The van der Waals surface area contributed by atoms with Gasteiger partial charge in [0.1, 0.15) is 5.82 Å². The molecule has 0 aliphatic heterocycles. The molecule has 2 rings (SSSR count). The highest BCUT2D eigenvalue weighted by atomic mass is 32.2. The Bertz CT molecular complexity index is 742. The molecule has 0 aliphatic carbocycles. The van der Waals surface area contributed by atoms with Crippen molar-refractivity contribution in [3.8, 4) is 0 Å². The van der Waals surface area contributed by atoms with Crippen LogP contribution in [0.5, 0.6) is 0 Å². The molecule has 2 heterocycles. The molecule has 7 nitrogen and oxygen atoms in total. The summed E-state index contributed by atoms with van der Waals surface area (Å²) >= 11 is 0. The zero-order valence-corrected chi connectivity index (χ0v) is 11.3. The third kappa shape index (κ3) is 3.09. The van der Waals surface area contributed by atoms with Gasteiger partial charge in [0.25, 0.3) is 10.0 Å². The van der Waals surface area contributed by atoms with Crippen LogP contribution in [0.2, 0.25) is 0 Å². The van der Waals surface area contributed by atoms with Gasteiger partial charge in [0.15, 0.2) is 5.03 Å². The second-order valence-electron chi connectivity index (χ2n) is 4.01. The van der Waals surface area contributed by atoms with E-state index in [2.05, 4.69) is 14.7 Å². The molecule has 0 unspecified atom stereocenters. The average molecular weight is 293 g/mol. The maximum atomic E-state index is 12.0. The summed E-state index contributed by atoms with van der Waals surface area (Å²) in [5.41, 5.74) is 0.768. The van der Waals surface area contributed by atoms with E-state index in [-0.39, 0.29) is 16.4 Å². The SMILES string of the molecule is Cc1ccnc(NS(=O)(=O)c2ccc(C(=O)O)cn2)c1. The lowest BCUT2D eigenvalue weighted by Crippen LogP contribution is -2.15. The van der Waals surface area contributed by atoms with Gasteiger partial charge < -0.3 is 5.11 Å². The van der Waals surface area contributed by atoms with E-state index in [9.17, 15) is 13.2 Å². The summed E-state index contributed by atoms with van der Waals surface area (Å²) in [5.74, 6) is -0.996. The van der Waals surface area contributed by atoms with Crippen molar-refractivity contribution < 1.29 is 18.3 Å². The summed E-state index contributed by atoms with van der Waals surface area (Å²) in [6.45, 7) is 1.80. The maximum Gasteiger partial charge on any atom is 0.337 e. The second-order valence-corrected chi connectivity index (χ2v) is 5.64. The van der Waals surface area contributed by atoms with Crippen molar-refractivity contribution in [3.05, 3.63) is 47.8 Å². The Morgan fingerprint density at radius 1 is 1.25 bits per heavy atom. The van der Waals surface area contributed by atoms with Crippen LogP contribution in [0.25, 0.3) is 0 Å². The fraction of sp³-hybridized carbons (Fsp3) is 0.0833. The molecule has 0 fully saturated rings. The van der Waals surface area contributed by atoms with Crippen molar-refractivity contribution in [2.75, 3.05) is 4.72 Å². The third-order valence-electron chi connectivity index (χ3n) is 2.41. The smallest absolute Gasteiger partial charge is 0.337 e. The molecule has 2 aromatic heterocycles. The van der Waals surface area contributed by atoms with Crippen molar-refractivity contribution in [3.63, 3.8) is 0 Å². The number of carboxylic acid groups (broad SMARTS) is 1. The number of aromatic nitrogens is 2. The predicted molar refractivity (Wildman–Crippen MR) is 71.0 cm³/mol. The molecule has 0 atom stereocenters. The molecule has 0 aliphatic rings. The number of carbonyl (C=O) groups is 1. The predicted octanol–water partition coefficient (Wildman–Crippen LogP) is 1.28. The summed E-state index contributed by atoms with van der Waals surface area (Å²) in [5, 5.41) is 8.46. The minimum atomic E-state index is -3.89. The van der Waals surface area contributed by atoms with Crippen LogP contribution in [0.1, 0.15) is 15.9 Å². The number of hydrogen-bond donors (Lipinski definition) is 2. The zero-order chi connectivity index (χ0) is 14.8. The van der Waals surface area contributed by atoms with E-state index in [0.717, 1.165) is 17.8 Å². The van der Waals surface area contributed by atoms with Crippen LogP contribution in [0.15, 0.2) is 41.7 Å². The van der Waals surface area contributed by atoms with Gasteiger partial charge in [-0.1, -0.05) is 0 Å². The molecular weight excluding hydrogens is 282 g/mol. The number of aromatic carboxylic acids is 1. The van der Waals surface area contributed by atoms with Gasteiger partial charge in [0.05, 0.1) is 5.56 Å². The highest BCUT2D eigenvalue weighted by Gasteiger charge is 2.17. The van der Waals surface area contributed by atoms with Gasteiger partial charge in [-0.05, 0) is 36.8 Å². The van der Waals surface area contributed by atoms with Crippen LogP contribution in [-0.2, 0) is 10.0 Å². The first-order chi connectivity index (χ1) is 9.38. The van der Waals surface area contributed by atoms with Gasteiger partial charge in [-0.3, -0.25) is 4.72 Å². The lowest BCUT2D eigenvalue weighted by molar-refractivity contribution is 0.0696. The van der Waals surface area contributed by atoms with Crippen LogP contribution >= 0.6 is 0 Å². The van der Waals surface area contributed by atoms with Crippen molar-refractivity contribution in [2.45, 2.75) is 11.9 Å². The summed E-state index contributed by atoms with van der Waals surface area (Å²) in [4.78, 5) is 18.2. The Hall–Kier alpha value is -2.48. The van der Waals surface area contributed by atoms with E-state index in [1.54, 1.807) is 19.1 Å². The van der Waals surface area contributed by atoms with Crippen LogP contribution in [0.4, 0.5) is 5.82 Å². The number of aryl methyl sites for hydroxylation is 1. The molecular formula is C12H11N3O4S. The monoisotopic (exact) mass is 293 g/mol. The second kappa shape index (κ2) is 5.25. The Morgan fingerprint density at radius 2 is 2.00 bits per heavy atom.